The molecule has 1 unspecified atom stereocenters. The van der Waals surface area contributed by atoms with Crippen LogP contribution < -0.4 is 0 Å². The number of aromatic nitrogens is 1. The third-order valence-corrected chi connectivity index (χ3v) is 5.84. The fourth-order valence-corrected chi connectivity index (χ4v) is 4.16. The number of morpholine rings is 1. The van der Waals surface area contributed by atoms with Gasteiger partial charge in [0.1, 0.15) is 0 Å². The smallest absolute Gasteiger partial charge is 0.227 e. The van der Waals surface area contributed by atoms with Crippen molar-refractivity contribution in [3.05, 3.63) is 42.4 Å². The van der Waals surface area contributed by atoms with Crippen LogP contribution in [0.4, 0.5) is 0 Å². The molecule has 7 heteroatoms. The predicted molar refractivity (Wildman–Crippen MR) is 112 cm³/mol. The minimum absolute atomic E-state index is 0.0824. The number of oxazole rings is 1. The largest absolute Gasteiger partial charge is 0.441 e. The van der Waals surface area contributed by atoms with Crippen molar-refractivity contribution in [1.29, 1.82) is 0 Å². The van der Waals surface area contributed by atoms with E-state index in [9.17, 15) is 9.59 Å². The van der Waals surface area contributed by atoms with Crippen LogP contribution in [0.3, 0.4) is 0 Å². The number of hydrogen-bond acceptors (Lipinski definition) is 5. The van der Waals surface area contributed by atoms with E-state index in [1.54, 1.807) is 6.20 Å². The first-order chi connectivity index (χ1) is 14.7. The third-order valence-electron chi connectivity index (χ3n) is 5.84. The Kier molecular flexibility index (Phi) is 6.79. The average molecular weight is 412 g/mol. The SMILES string of the molecule is O=C(CCCc1ncc(-c2ccccc2)o1)N1CCCC(C(=O)N2CCOCC2)C1. The molecule has 0 radical (unpaired) electrons. The maximum Gasteiger partial charge on any atom is 0.227 e. The Morgan fingerprint density at radius 3 is 2.67 bits per heavy atom. The van der Waals surface area contributed by atoms with Crippen molar-refractivity contribution < 1.29 is 18.7 Å². The Hall–Kier alpha value is -2.67. The molecule has 3 heterocycles. The number of rotatable bonds is 6. The van der Waals surface area contributed by atoms with Crippen LogP contribution in [0.1, 0.15) is 31.6 Å². The minimum Gasteiger partial charge on any atom is -0.441 e. The normalized spacial score (nSPS) is 19.7. The zero-order valence-electron chi connectivity index (χ0n) is 17.3. The van der Waals surface area contributed by atoms with E-state index in [4.69, 9.17) is 9.15 Å². The van der Waals surface area contributed by atoms with Gasteiger partial charge in [0.25, 0.3) is 0 Å². The highest BCUT2D eigenvalue weighted by Gasteiger charge is 2.31. The van der Waals surface area contributed by atoms with E-state index in [1.165, 1.54) is 0 Å². The van der Waals surface area contributed by atoms with Crippen LogP contribution >= 0.6 is 0 Å². The van der Waals surface area contributed by atoms with Crippen molar-refractivity contribution in [3.8, 4) is 11.3 Å². The van der Waals surface area contributed by atoms with Gasteiger partial charge in [-0.05, 0) is 19.3 Å². The van der Waals surface area contributed by atoms with E-state index in [2.05, 4.69) is 4.98 Å². The highest BCUT2D eigenvalue weighted by Crippen LogP contribution is 2.22. The van der Waals surface area contributed by atoms with Crippen LogP contribution in [0.2, 0.25) is 0 Å². The van der Waals surface area contributed by atoms with Gasteiger partial charge in [-0.3, -0.25) is 9.59 Å². The number of piperidine rings is 1. The summed E-state index contributed by atoms with van der Waals surface area (Å²) in [7, 11) is 0. The minimum atomic E-state index is -0.0824. The van der Waals surface area contributed by atoms with Crippen molar-refractivity contribution >= 4 is 11.8 Å². The molecule has 1 aromatic carbocycles. The number of carbonyl (C=O) groups excluding carboxylic acids is 2. The Bertz CT molecular complexity index is 845. The molecule has 1 aromatic heterocycles. The molecular formula is C23H29N3O4. The summed E-state index contributed by atoms with van der Waals surface area (Å²) in [5.41, 5.74) is 0.997. The Morgan fingerprint density at radius 1 is 1.07 bits per heavy atom. The number of carbonyl (C=O) groups is 2. The highest BCUT2D eigenvalue weighted by atomic mass is 16.5. The zero-order chi connectivity index (χ0) is 20.8. The van der Waals surface area contributed by atoms with E-state index in [0.717, 1.165) is 30.7 Å². The lowest BCUT2D eigenvalue weighted by Gasteiger charge is -2.36. The number of likely N-dealkylation sites (tertiary alicyclic amines) is 1. The second kappa shape index (κ2) is 9.89. The molecule has 0 spiro atoms. The standard InChI is InChI=1S/C23H29N3O4/c27-22(10-4-9-21-24-16-20(30-21)18-6-2-1-3-7-18)26-11-5-8-19(17-26)23(28)25-12-14-29-15-13-25/h1-3,6-7,16,19H,4-5,8-15,17H2. The van der Waals surface area contributed by atoms with Gasteiger partial charge in [-0.1, -0.05) is 30.3 Å². The molecule has 160 valence electrons. The van der Waals surface area contributed by atoms with Crippen LogP contribution in [0.5, 0.6) is 0 Å². The monoisotopic (exact) mass is 411 g/mol. The topological polar surface area (TPSA) is 75.9 Å². The van der Waals surface area contributed by atoms with E-state index in [1.807, 2.05) is 40.1 Å². The summed E-state index contributed by atoms with van der Waals surface area (Å²) < 4.78 is 11.1. The van der Waals surface area contributed by atoms with Crippen molar-refractivity contribution in [1.82, 2.24) is 14.8 Å². The number of benzene rings is 1. The fraction of sp³-hybridized carbons (Fsp3) is 0.522. The maximum absolute atomic E-state index is 12.8. The van der Waals surface area contributed by atoms with Gasteiger partial charge in [0.15, 0.2) is 11.7 Å². The van der Waals surface area contributed by atoms with Crippen molar-refractivity contribution in [2.24, 2.45) is 5.92 Å². The molecule has 2 aliphatic rings. The lowest BCUT2D eigenvalue weighted by atomic mass is 9.96. The first-order valence-corrected chi connectivity index (χ1v) is 10.8. The van der Waals surface area contributed by atoms with Crippen LogP contribution in [-0.4, -0.2) is 66.0 Å². The fourth-order valence-electron chi connectivity index (χ4n) is 4.16. The second-order valence-electron chi connectivity index (χ2n) is 7.95. The van der Waals surface area contributed by atoms with Gasteiger partial charge in [-0.25, -0.2) is 4.98 Å². The molecule has 2 aliphatic heterocycles. The van der Waals surface area contributed by atoms with Crippen LogP contribution in [0.25, 0.3) is 11.3 Å². The lowest BCUT2D eigenvalue weighted by Crippen LogP contribution is -2.49. The highest BCUT2D eigenvalue weighted by molar-refractivity contribution is 5.81. The summed E-state index contributed by atoms with van der Waals surface area (Å²) in [6.45, 7) is 3.80. The number of hydrogen-bond donors (Lipinski definition) is 0. The first kappa shape index (κ1) is 20.6. The predicted octanol–water partition coefficient (Wildman–Crippen LogP) is 2.76. The van der Waals surface area contributed by atoms with Crippen LogP contribution in [0, 0.1) is 5.92 Å². The molecule has 0 aliphatic carbocycles. The molecule has 30 heavy (non-hydrogen) atoms. The molecule has 0 saturated carbocycles. The van der Waals surface area contributed by atoms with Gasteiger partial charge in [0, 0.05) is 44.6 Å². The number of ether oxygens (including phenoxy) is 1. The van der Waals surface area contributed by atoms with Crippen LogP contribution in [0.15, 0.2) is 40.9 Å². The van der Waals surface area contributed by atoms with Crippen molar-refractivity contribution in [2.45, 2.75) is 32.1 Å². The second-order valence-corrected chi connectivity index (χ2v) is 7.95. The van der Waals surface area contributed by atoms with Gasteiger partial charge in [0.2, 0.25) is 11.8 Å². The third kappa shape index (κ3) is 5.08. The molecule has 2 amide bonds. The molecule has 2 aromatic rings. The summed E-state index contributed by atoms with van der Waals surface area (Å²) in [5, 5.41) is 0. The Balaban J connectivity index is 1.24. The van der Waals surface area contributed by atoms with E-state index < -0.39 is 0 Å². The van der Waals surface area contributed by atoms with Gasteiger partial charge in [0.05, 0.1) is 25.3 Å². The van der Waals surface area contributed by atoms with Crippen molar-refractivity contribution in [3.63, 3.8) is 0 Å². The van der Waals surface area contributed by atoms with Gasteiger partial charge >= 0.3 is 0 Å². The molecule has 4 rings (SSSR count). The van der Waals surface area contributed by atoms with Gasteiger partial charge in [-0.2, -0.15) is 0 Å². The molecule has 2 fully saturated rings. The van der Waals surface area contributed by atoms with Gasteiger partial charge < -0.3 is 19.0 Å². The quantitative estimate of drug-likeness (QED) is 0.731. The van der Waals surface area contributed by atoms with Gasteiger partial charge in [-0.15, -0.1) is 0 Å². The molecule has 0 N–H and O–H groups in total. The Morgan fingerprint density at radius 2 is 1.87 bits per heavy atom. The van der Waals surface area contributed by atoms with Crippen LogP contribution in [-0.2, 0) is 20.7 Å². The molecule has 2 saturated heterocycles. The van der Waals surface area contributed by atoms with E-state index in [-0.39, 0.29) is 17.7 Å². The first-order valence-electron chi connectivity index (χ1n) is 10.8. The number of aryl methyl sites for hydroxylation is 1. The summed E-state index contributed by atoms with van der Waals surface area (Å²) in [5.74, 6) is 1.60. The summed E-state index contributed by atoms with van der Waals surface area (Å²) in [6.07, 6.45) is 5.24. The average Bonchev–Trinajstić information content (AvgIpc) is 3.29. The molecule has 7 nitrogen and oxygen atoms in total. The van der Waals surface area contributed by atoms with E-state index >= 15 is 0 Å². The zero-order valence-corrected chi connectivity index (χ0v) is 17.3. The van der Waals surface area contributed by atoms with Crippen molar-refractivity contribution in [2.75, 3.05) is 39.4 Å². The lowest BCUT2D eigenvalue weighted by molar-refractivity contribution is -0.144. The summed E-state index contributed by atoms with van der Waals surface area (Å²) >= 11 is 0. The molecular weight excluding hydrogens is 382 g/mol. The van der Waals surface area contributed by atoms with E-state index in [0.29, 0.717) is 58.0 Å². The molecule has 1 atom stereocenters. The Labute approximate surface area is 177 Å². The number of amides is 2. The molecule has 0 bridgehead atoms. The maximum atomic E-state index is 12.8. The summed E-state index contributed by atoms with van der Waals surface area (Å²) in [6, 6.07) is 9.86. The number of nitrogens with zero attached hydrogens (tertiary/aromatic N) is 3. The summed E-state index contributed by atoms with van der Waals surface area (Å²) in [4.78, 5) is 33.5.